The molecule has 0 aliphatic rings. The van der Waals surface area contributed by atoms with Crippen molar-refractivity contribution >= 4 is 57.5 Å². The summed E-state index contributed by atoms with van der Waals surface area (Å²) in [7, 11) is 0. The fourth-order valence-corrected chi connectivity index (χ4v) is 4.46. The third kappa shape index (κ3) is 5.46. The molecule has 0 bridgehead atoms. The van der Waals surface area contributed by atoms with Gasteiger partial charge in [0.25, 0.3) is 0 Å². The Kier molecular flexibility index (Phi) is 6.55. The Hall–Kier alpha value is -0.760. The lowest BCUT2D eigenvalue weighted by Gasteiger charge is -2.10. The number of carbonyl (C=O) groups is 1. The molecule has 0 fully saturated rings. The molecule has 0 saturated heterocycles. The van der Waals surface area contributed by atoms with Crippen molar-refractivity contribution < 1.29 is 4.79 Å². The smallest absolute Gasteiger partial charge is 0.239 e. The molecule has 118 valence electrons. The zero-order chi connectivity index (χ0) is 16.1. The third-order valence-corrected chi connectivity index (χ3v) is 5.76. The van der Waals surface area contributed by atoms with Crippen LogP contribution in [0.4, 0.5) is 5.13 Å². The third-order valence-electron chi connectivity index (χ3n) is 2.47. The summed E-state index contributed by atoms with van der Waals surface area (Å²) >= 11 is 10.4. The number of nitrogens with one attached hydrogen (secondary N) is 1. The predicted molar refractivity (Wildman–Crippen MR) is 96.3 cm³/mol. The highest BCUT2D eigenvalue weighted by atomic mass is 35.5. The molecule has 1 aromatic heterocycles. The van der Waals surface area contributed by atoms with E-state index in [1.54, 1.807) is 11.8 Å². The van der Waals surface area contributed by atoms with Crippen LogP contribution in [-0.2, 0) is 4.79 Å². The number of amides is 1. The maximum Gasteiger partial charge on any atom is 0.239 e. The zero-order valence-electron chi connectivity index (χ0n) is 12.4. The Morgan fingerprint density at radius 3 is 2.50 bits per heavy atom. The van der Waals surface area contributed by atoms with Crippen LogP contribution in [0.15, 0.2) is 33.5 Å². The maximum absolute atomic E-state index is 12.2. The summed E-state index contributed by atoms with van der Waals surface area (Å²) in [4.78, 5) is 13.2. The average Bonchev–Trinajstić information content (AvgIpc) is 2.87. The number of rotatable bonds is 6. The zero-order valence-corrected chi connectivity index (χ0v) is 15.6. The number of hydrogen-bond donors (Lipinski definition) is 1. The minimum Gasteiger partial charge on any atom is -0.300 e. The number of carbonyl (C=O) groups excluding carboxylic acids is 1. The summed E-state index contributed by atoms with van der Waals surface area (Å²) in [5, 5.41) is 12.3. The standard InChI is InChI=1S/C14H16ClN3OS3/c1-8(2)20-14-18-17-13(22-14)16-12(19)9(3)21-11-6-4-10(15)5-7-11/h4-9H,1-3H3,(H,16,17,19)/t9-/m0/s1. The van der Waals surface area contributed by atoms with Crippen LogP contribution in [0.5, 0.6) is 0 Å². The van der Waals surface area contributed by atoms with E-state index in [0.717, 1.165) is 9.24 Å². The fourth-order valence-electron chi connectivity index (χ4n) is 1.49. The summed E-state index contributed by atoms with van der Waals surface area (Å²) in [5.74, 6) is -0.0859. The number of benzene rings is 1. The summed E-state index contributed by atoms with van der Waals surface area (Å²) in [5.41, 5.74) is 0. The molecule has 0 radical (unpaired) electrons. The van der Waals surface area contributed by atoms with Gasteiger partial charge in [0.05, 0.1) is 5.25 Å². The van der Waals surface area contributed by atoms with Crippen molar-refractivity contribution in [1.82, 2.24) is 10.2 Å². The van der Waals surface area contributed by atoms with Crippen molar-refractivity contribution in [3.8, 4) is 0 Å². The van der Waals surface area contributed by atoms with E-state index in [1.165, 1.54) is 23.1 Å². The quantitative estimate of drug-likeness (QED) is 0.581. The Balaban J connectivity index is 1.90. The van der Waals surface area contributed by atoms with Crippen LogP contribution in [-0.4, -0.2) is 26.6 Å². The molecular weight excluding hydrogens is 358 g/mol. The largest absolute Gasteiger partial charge is 0.300 e. The van der Waals surface area contributed by atoms with E-state index in [0.29, 0.717) is 15.4 Å². The Bertz CT molecular complexity index is 631. The first-order valence-corrected chi connectivity index (χ1v) is 9.62. The molecular formula is C14H16ClN3OS3. The van der Waals surface area contributed by atoms with Crippen LogP contribution in [0.2, 0.25) is 5.02 Å². The molecule has 1 atom stereocenters. The van der Waals surface area contributed by atoms with Crippen molar-refractivity contribution in [3.63, 3.8) is 0 Å². The molecule has 0 aliphatic carbocycles. The number of anilines is 1. The van der Waals surface area contributed by atoms with E-state index in [2.05, 4.69) is 29.4 Å². The maximum atomic E-state index is 12.2. The highest BCUT2D eigenvalue weighted by molar-refractivity contribution is 8.01. The SMILES string of the molecule is CC(C)Sc1nnc(NC(=O)[C@H](C)Sc2ccc(Cl)cc2)s1. The Labute approximate surface area is 147 Å². The molecule has 0 aliphatic heterocycles. The number of nitrogens with zero attached hydrogens (tertiary/aromatic N) is 2. The number of aromatic nitrogens is 2. The first-order chi connectivity index (χ1) is 10.4. The van der Waals surface area contributed by atoms with E-state index in [4.69, 9.17) is 11.6 Å². The van der Waals surface area contributed by atoms with Gasteiger partial charge in [-0.05, 0) is 31.2 Å². The minimum absolute atomic E-state index is 0.0859. The van der Waals surface area contributed by atoms with Gasteiger partial charge in [-0.15, -0.1) is 22.0 Å². The van der Waals surface area contributed by atoms with Gasteiger partial charge >= 0.3 is 0 Å². The molecule has 0 unspecified atom stereocenters. The van der Waals surface area contributed by atoms with E-state index >= 15 is 0 Å². The molecule has 0 spiro atoms. The van der Waals surface area contributed by atoms with E-state index in [-0.39, 0.29) is 11.2 Å². The lowest BCUT2D eigenvalue weighted by atomic mass is 10.4. The van der Waals surface area contributed by atoms with Gasteiger partial charge in [-0.1, -0.05) is 48.5 Å². The van der Waals surface area contributed by atoms with E-state index < -0.39 is 0 Å². The van der Waals surface area contributed by atoms with Crippen LogP contribution in [0.3, 0.4) is 0 Å². The van der Waals surface area contributed by atoms with E-state index in [1.807, 2.05) is 31.2 Å². The van der Waals surface area contributed by atoms with Crippen LogP contribution < -0.4 is 5.32 Å². The molecule has 4 nitrogen and oxygen atoms in total. The van der Waals surface area contributed by atoms with E-state index in [9.17, 15) is 4.79 Å². The second-order valence-electron chi connectivity index (χ2n) is 4.74. The van der Waals surface area contributed by atoms with Crippen LogP contribution in [0.1, 0.15) is 20.8 Å². The highest BCUT2D eigenvalue weighted by Crippen LogP contribution is 2.30. The van der Waals surface area contributed by atoms with Gasteiger partial charge in [-0.25, -0.2) is 0 Å². The number of thioether (sulfide) groups is 2. The number of hydrogen-bond acceptors (Lipinski definition) is 6. The summed E-state index contributed by atoms with van der Waals surface area (Å²) in [6.45, 7) is 6.05. The molecule has 1 heterocycles. The highest BCUT2D eigenvalue weighted by Gasteiger charge is 2.17. The van der Waals surface area contributed by atoms with Gasteiger partial charge < -0.3 is 0 Å². The molecule has 1 amide bonds. The predicted octanol–water partition coefficient (Wildman–Crippen LogP) is 4.81. The van der Waals surface area contributed by atoms with Gasteiger partial charge in [-0.3, -0.25) is 10.1 Å². The first-order valence-electron chi connectivity index (χ1n) is 6.67. The lowest BCUT2D eigenvalue weighted by molar-refractivity contribution is -0.115. The molecule has 0 saturated carbocycles. The molecule has 22 heavy (non-hydrogen) atoms. The lowest BCUT2D eigenvalue weighted by Crippen LogP contribution is -2.22. The molecule has 1 aromatic carbocycles. The average molecular weight is 374 g/mol. The van der Waals surface area contributed by atoms with Crippen LogP contribution in [0.25, 0.3) is 0 Å². The van der Waals surface area contributed by atoms with Crippen molar-refractivity contribution in [3.05, 3.63) is 29.3 Å². The Morgan fingerprint density at radius 1 is 1.18 bits per heavy atom. The summed E-state index contributed by atoms with van der Waals surface area (Å²) < 4.78 is 0.864. The van der Waals surface area contributed by atoms with Gasteiger partial charge in [0, 0.05) is 15.2 Å². The molecule has 2 rings (SSSR count). The van der Waals surface area contributed by atoms with Gasteiger partial charge in [0.1, 0.15) is 0 Å². The minimum atomic E-state index is -0.230. The normalized spacial score (nSPS) is 12.4. The second-order valence-corrected chi connectivity index (χ2v) is 9.39. The second kappa shape index (κ2) is 8.19. The molecule has 2 aromatic rings. The van der Waals surface area contributed by atoms with Crippen molar-refractivity contribution in [2.45, 2.75) is 40.5 Å². The van der Waals surface area contributed by atoms with Crippen molar-refractivity contribution in [1.29, 1.82) is 0 Å². The van der Waals surface area contributed by atoms with Gasteiger partial charge in [0.2, 0.25) is 11.0 Å². The molecule has 1 N–H and O–H groups in total. The monoisotopic (exact) mass is 373 g/mol. The van der Waals surface area contributed by atoms with Crippen LogP contribution >= 0.6 is 46.5 Å². The van der Waals surface area contributed by atoms with Crippen molar-refractivity contribution in [2.24, 2.45) is 0 Å². The topological polar surface area (TPSA) is 54.9 Å². The van der Waals surface area contributed by atoms with Gasteiger partial charge in [0.15, 0.2) is 4.34 Å². The summed E-state index contributed by atoms with van der Waals surface area (Å²) in [6, 6.07) is 7.43. The first kappa shape index (κ1) is 17.6. The van der Waals surface area contributed by atoms with Gasteiger partial charge in [-0.2, -0.15) is 0 Å². The fraction of sp³-hybridized carbons (Fsp3) is 0.357. The Morgan fingerprint density at radius 2 is 1.86 bits per heavy atom. The number of halogens is 1. The summed E-state index contributed by atoms with van der Waals surface area (Å²) in [6.07, 6.45) is 0. The molecule has 8 heteroatoms. The van der Waals surface area contributed by atoms with Crippen molar-refractivity contribution in [2.75, 3.05) is 5.32 Å². The van der Waals surface area contributed by atoms with Crippen LogP contribution in [0, 0.1) is 0 Å².